The molecule has 0 unspecified atom stereocenters. The van der Waals surface area contributed by atoms with Crippen molar-refractivity contribution >= 4 is 33.2 Å². The van der Waals surface area contributed by atoms with Crippen LogP contribution >= 0.6 is 0 Å². The number of carbonyl (C=O) groups excluding carboxylic acids is 2. The van der Waals surface area contributed by atoms with Crippen molar-refractivity contribution in [2.45, 2.75) is 63.6 Å². The maximum absolute atomic E-state index is 13.6. The van der Waals surface area contributed by atoms with Gasteiger partial charge in [0.15, 0.2) is 9.84 Å². The van der Waals surface area contributed by atoms with Crippen molar-refractivity contribution in [2.24, 2.45) is 5.92 Å². The Morgan fingerprint density at radius 2 is 2.08 bits per heavy atom. The number of hydrogen-bond acceptors (Lipinski definition) is 7. The monoisotopic (exact) mass is 541 g/mol. The molecular weight excluding hydrogens is 506 g/mol. The molecule has 204 valence electrons. The number of fused-ring (bicyclic) bond motifs is 3. The van der Waals surface area contributed by atoms with E-state index in [0.29, 0.717) is 36.0 Å². The number of carbonyl (C=O) groups is 2. The number of nitrogens with zero attached hydrogens (tertiary/aromatic N) is 3. The van der Waals surface area contributed by atoms with Gasteiger partial charge in [0.25, 0.3) is 5.91 Å². The number of nitrogens with one attached hydrogen (secondary N) is 2. The Balaban J connectivity index is 1.27. The van der Waals surface area contributed by atoms with Gasteiger partial charge in [-0.05, 0) is 55.4 Å². The lowest BCUT2D eigenvalue weighted by molar-refractivity contribution is -0.113. The first kappa shape index (κ1) is 25.4. The molecule has 2 aliphatic heterocycles. The second kappa shape index (κ2) is 9.37. The summed E-state index contributed by atoms with van der Waals surface area (Å²) in [5, 5.41) is 10.8. The Morgan fingerprint density at radius 1 is 1.29 bits per heavy atom. The summed E-state index contributed by atoms with van der Waals surface area (Å²) >= 11 is 0. The second-order valence-corrected chi connectivity index (χ2v) is 13.4. The molecule has 0 bridgehead atoms. The van der Waals surface area contributed by atoms with E-state index in [-0.39, 0.29) is 12.0 Å². The van der Waals surface area contributed by atoms with Crippen molar-refractivity contribution in [3.05, 3.63) is 40.6 Å². The van der Waals surface area contributed by atoms with Crippen LogP contribution in [0.5, 0.6) is 0 Å². The van der Waals surface area contributed by atoms with Crippen LogP contribution in [-0.4, -0.2) is 67.8 Å². The van der Waals surface area contributed by atoms with Crippen LogP contribution in [0.2, 0.25) is 0 Å². The minimum absolute atomic E-state index is 0.280. The summed E-state index contributed by atoms with van der Waals surface area (Å²) in [6.45, 7) is 5.11. The Morgan fingerprint density at radius 3 is 2.79 bits per heavy atom. The van der Waals surface area contributed by atoms with Gasteiger partial charge in [0.2, 0.25) is 5.91 Å². The Labute approximate surface area is 223 Å². The summed E-state index contributed by atoms with van der Waals surface area (Å²) in [7, 11) is -3.51. The largest absolute Gasteiger partial charge is 0.375 e. The van der Waals surface area contributed by atoms with Crippen LogP contribution < -0.4 is 15.5 Å². The van der Waals surface area contributed by atoms with Crippen molar-refractivity contribution in [2.75, 3.05) is 41.9 Å². The van der Waals surface area contributed by atoms with Gasteiger partial charge >= 0.3 is 0 Å². The van der Waals surface area contributed by atoms with Crippen molar-refractivity contribution in [1.29, 1.82) is 0 Å². The molecule has 1 aromatic heterocycles. The number of aromatic nitrogens is 2. The molecule has 2 N–H and O–H groups in total. The van der Waals surface area contributed by atoms with Crippen LogP contribution in [0.15, 0.2) is 18.2 Å². The lowest BCUT2D eigenvalue weighted by Gasteiger charge is -2.41. The molecule has 2 aliphatic carbocycles. The molecule has 4 aliphatic rings. The van der Waals surface area contributed by atoms with E-state index in [1.54, 1.807) is 4.68 Å². The lowest BCUT2D eigenvalue weighted by Crippen LogP contribution is -2.52. The Hall–Kier alpha value is -2.92. The van der Waals surface area contributed by atoms with Crippen LogP contribution in [0.3, 0.4) is 0 Å². The van der Waals surface area contributed by atoms with Gasteiger partial charge in [-0.25, -0.2) is 13.1 Å². The maximum atomic E-state index is 13.6. The van der Waals surface area contributed by atoms with Gasteiger partial charge in [0, 0.05) is 44.6 Å². The number of ether oxygens (including phenoxy) is 1. The van der Waals surface area contributed by atoms with E-state index < -0.39 is 27.0 Å². The van der Waals surface area contributed by atoms with Gasteiger partial charge in [-0.1, -0.05) is 18.9 Å². The molecule has 11 heteroatoms. The van der Waals surface area contributed by atoms with Gasteiger partial charge in [-0.3, -0.25) is 9.59 Å². The number of benzene rings is 1. The van der Waals surface area contributed by atoms with E-state index >= 15 is 0 Å². The lowest BCUT2D eigenvalue weighted by atomic mass is 9.82. The molecular formula is C27H35N5O5S. The Kier molecular flexibility index (Phi) is 6.26. The summed E-state index contributed by atoms with van der Waals surface area (Å²) in [4.78, 5) is 28.4. The standard InChI is InChI=1S/C27H35N5O5S/c1-3-37-20-14-31(15-20)19-6-7-21-18(12-19)8-10-27(21)13-22-24(26(34)29-27)25(28-23(33)16-38(2,35)36)32(30-22)11-9-17-4-5-17/h6-7,12,17,20H,3-5,8-11,13-16H2,1-2H3,(H,28,33)(H,29,34)/t27-/m1/s1. The van der Waals surface area contributed by atoms with Gasteiger partial charge in [0.05, 0.1) is 17.3 Å². The molecule has 38 heavy (non-hydrogen) atoms. The van der Waals surface area contributed by atoms with E-state index in [9.17, 15) is 18.0 Å². The molecule has 10 nitrogen and oxygen atoms in total. The van der Waals surface area contributed by atoms with Gasteiger partial charge in [-0.2, -0.15) is 5.10 Å². The maximum Gasteiger partial charge on any atom is 0.257 e. The van der Waals surface area contributed by atoms with Crippen molar-refractivity contribution < 1.29 is 22.7 Å². The molecule has 1 saturated heterocycles. The predicted octanol–water partition coefficient (Wildman–Crippen LogP) is 2.02. The summed E-state index contributed by atoms with van der Waals surface area (Å²) < 4.78 is 30.8. The first-order valence-corrected chi connectivity index (χ1v) is 15.6. The zero-order valence-corrected chi connectivity index (χ0v) is 22.8. The fourth-order valence-electron chi connectivity index (χ4n) is 6.13. The number of rotatable bonds is 9. The first-order valence-electron chi connectivity index (χ1n) is 13.5. The van der Waals surface area contributed by atoms with Crippen LogP contribution in [0, 0.1) is 5.92 Å². The minimum Gasteiger partial charge on any atom is -0.375 e. The second-order valence-electron chi connectivity index (χ2n) is 11.3. The highest BCUT2D eigenvalue weighted by Gasteiger charge is 2.47. The molecule has 6 rings (SSSR count). The smallest absolute Gasteiger partial charge is 0.257 e. The number of sulfone groups is 1. The van der Waals surface area contributed by atoms with Crippen molar-refractivity contribution in [3.8, 4) is 0 Å². The predicted molar refractivity (Wildman–Crippen MR) is 143 cm³/mol. The first-order chi connectivity index (χ1) is 18.1. The average Bonchev–Trinajstić information content (AvgIpc) is 3.50. The highest BCUT2D eigenvalue weighted by molar-refractivity contribution is 7.91. The number of aryl methyl sites for hydroxylation is 2. The molecule has 2 aromatic rings. The van der Waals surface area contributed by atoms with Gasteiger partial charge in [0.1, 0.15) is 17.1 Å². The SMILES string of the molecule is CCOC1CN(c2ccc3c(c2)CC[C@@]32Cc3nn(CCC4CC4)c(NC(=O)CS(C)(=O)=O)c3C(=O)N2)C1. The number of anilines is 2. The van der Waals surface area contributed by atoms with E-state index in [4.69, 9.17) is 9.84 Å². The van der Waals surface area contributed by atoms with E-state index in [0.717, 1.165) is 50.8 Å². The molecule has 2 amide bonds. The third-order valence-electron chi connectivity index (χ3n) is 8.21. The number of amides is 2. The highest BCUT2D eigenvalue weighted by atomic mass is 32.2. The zero-order valence-electron chi connectivity index (χ0n) is 22.0. The van der Waals surface area contributed by atoms with Crippen LogP contribution in [0.25, 0.3) is 0 Å². The molecule has 3 heterocycles. The normalized spacial score (nSPS) is 22.7. The molecule has 1 spiro atoms. The van der Waals surface area contributed by atoms with Crippen molar-refractivity contribution in [1.82, 2.24) is 15.1 Å². The van der Waals surface area contributed by atoms with E-state index in [1.807, 2.05) is 6.92 Å². The topological polar surface area (TPSA) is 123 Å². The number of hydrogen-bond donors (Lipinski definition) is 2. The highest BCUT2D eigenvalue weighted by Crippen LogP contribution is 2.45. The van der Waals surface area contributed by atoms with E-state index in [1.165, 1.54) is 24.1 Å². The molecule has 0 radical (unpaired) electrons. The third-order valence-corrected chi connectivity index (χ3v) is 9.00. The van der Waals surface area contributed by atoms with Crippen LogP contribution in [0.4, 0.5) is 11.5 Å². The van der Waals surface area contributed by atoms with E-state index in [2.05, 4.69) is 33.7 Å². The molecule has 2 fully saturated rings. The summed E-state index contributed by atoms with van der Waals surface area (Å²) in [5.41, 5.74) is 4.00. The summed E-state index contributed by atoms with van der Waals surface area (Å²) in [5.74, 6) is -0.636. The fraction of sp³-hybridized carbons (Fsp3) is 0.593. The van der Waals surface area contributed by atoms with Crippen molar-refractivity contribution in [3.63, 3.8) is 0 Å². The minimum atomic E-state index is -3.51. The summed E-state index contributed by atoms with van der Waals surface area (Å²) in [6.07, 6.45) is 6.76. The van der Waals surface area contributed by atoms with Crippen LogP contribution in [0.1, 0.15) is 59.8 Å². The molecule has 1 atom stereocenters. The average molecular weight is 542 g/mol. The summed E-state index contributed by atoms with van der Waals surface area (Å²) in [6, 6.07) is 6.50. The fourth-order valence-corrected chi connectivity index (χ4v) is 6.68. The molecule has 1 saturated carbocycles. The molecule has 1 aromatic carbocycles. The third kappa shape index (κ3) is 4.82. The van der Waals surface area contributed by atoms with Crippen LogP contribution in [-0.2, 0) is 44.3 Å². The van der Waals surface area contributed by atoms with Gasteiger partial charge < -0.3 is 20.3 Å². The van der Waals surface area contributed by atoms with Gasteiger partial charge in [-0.15, -0.1) is 0 Å². The Bertz CT molecular complexity index is 1390. The zero-order chi connectivity index (χ0) is 26.7. The quantitative estimate of drug-likeness (QED) is 0.498.